The first-order chi connectivity index (χ1) is 11.5. The van der Waals surface area contributed by atoms with Crippen molar-refractivity contribution < 1.29 is 4.79 Å². The van der Waals surface area contributed by atoms with E-state index in [0.717, 1.165) is 23.5 Å². The fourth-order valence-corrected chi connectivity index (χ4v) is 2.91. The third-order valence-corrected chi connectivity index (χ3v) is 4.25. The molecule has 126 valence electrons. The number of nitrogens with two attached hydrogens (primary N) is 1. The Hall–Kier alpha value is -2.62. The molecule has 9 nitrogen and oxygen atoms in total. The predicted octanol–water partition coefficient (Wildman–Crippen LogP) is 1.04. The summed E-state index contributed by atoms with van der Waals surface area (Å²) in [6.07, 6.45) is 2.91. The van der Waals surface area contributed by atoms with Gasteiger partial charge in [0.25, 0.3) is 11.7 Å². The molecule has 0 aliphatic rings. The second-order valence-electron chi connectivity index (χ2n) is 5.59. The summed E-state index contributed by atoms with van der Waals surface area (Å²) in [7, 11) is 0. The normalized spacial score (nSPS) is 11.3. The lowest BCUT2D eigenvalue weighted by Crippen LogP contribution is -2.26. The lowest BCUT2D eigenvalue weighted by Gasteiger charge is -2.10. The Morgan fingerprint density at radius 3 is 2.96 bits per heavy atom. The van der Waals surface area contributed by atoms with Crippen molar-refractivity contribution in [2.75, 3.05) is 12.3 Å². The van der Waals surface area contributed by atoms with E-state index < -0.39 is 0 Å². The summed E-state index contributed by atoms with van der Waals surface area (Å²) in [5.41, 5.74) is 6.78. The van der Waals surface area contributed by atoms with E-state index in [0.29, 0.717) is 23.1 Å². The number of hydrogen-bond acceptors (Lipinski definition) is 8. The molecule has 0 aliphatic carbocycles. The molecular weight excluding hydrogens is 328 g/mol. The molecule has 1 amide bonds. The number of carbonyl (C=O) groups excluding carboxylic acids is 1. The van der Waals surface area contributed by atoms with Gasteiger partial charge in [-0.15, -0.1) is 10.2 Å². The molecule has 3 aromatic heterocycles. The summed E-state index contributed by atoms with van der Waals surface area (Å²) in [6.45, 7) is 4.59. The van der Waals surface area contributed by atoms with Crippen LogP contribution in [0.2, 0.25) is 0 Å². The Bertz CT molecular complexity index is 855. The van der Waals surface area contributed by atoms with Gasteiger partial charge in [-0.1, -0.05) is 25.2 Å². The SMILES string of the molecule is CC(C)c1cc(C(=O)NCCCc2nnc(N)s2)nc2ncnn12. The molecule has 3 heterocycles. The zero-order chi connectivity index (χ0) is 17.1. The molecule has 0 unspecified atom stereocenters. The van der Waals surface area contributed by atoms with E-state index in [9.17, 15) is 4.79 Å². The van der Waals surface area contributed by atoms with E-state index in [4.69, 9.17) is 5.73 Å². The number of fused-ring (bicyclic) bond motifs is 1. The Morgan fingerprint density at radius 2 is 2.25 bits per heavy atom. The number of aryl methyl sites for hydroxylation is 1. The molecular formula is C14H18N8OS. The summed E-state index contributed by atoms with van der Waals surface area (Å²) < 4.78 is 1.65. The monoisotopic (exact) mass is 346 g/mol. The van der Waals surface area contributed by atoms with Gasteiger partial charge in [-0.25, -0.2) is 9.50 Å². The zero-order valence-corrected chi connectivity index (χ0v) is 14.2. The van der Waals surface area contributed by atoms with Gasteiger partial charge in [0.1, 0.15) is 17.0 Å². The highest BCUT2D eigenvalue weighted by Crippen LogP contribution is 2.16. The van der Waals surface area contributed by atoms with Gasteiger partial charge >= 0.3 is 0 Å². The van der Waals surface area contributed by atoms with Crippen LogP contribution in [0.4, 0.5) is 5.13 Å². The highest BCUT2D eigenvalue weighted by molar-refractivity contribution is 7.15. The number of nitrogens with zero attached hydrogens (tertiary/aromatic N) is 6. The van der Waals surface area contributed by atoms with Gasteiger partial charge in [0, 0.05) is 13.0 Å². The van der Waals surface area contributed by atoms with Crippen LogP contribution in [-0.2, 0) is 6.42 Å². The van der Waals surface area contributed by atoms with Crippen LogP contribution in [0.5, 0.6) is 0 Å². The number of rotatable bonds is 6. The number of anilines is 1. The first kappa shape index (κ1) is 16.2. The maximum atomic E-state index is 12.3. The van der Waals surface area contributed by atoms with Crippen molar-refractivity contribution in [1.82, 2.24) is 35.1 Å². The quantitative estimate of drug-likeness (QED) is 0.639. The molecule has 0 saturated carbocycles. The largest absolute Gasteiger partial charge is 0.374 e. The molecule has 0 radical (unpaired) electrons. The van der Waals surface area contributed by atoms with Crippen LogP contribution < -0.4 is 11.1 Å². The number of aromatic nitrogens is 6. The molecule has 0 aliphatic heterocycles. The summed E-state index contributed by atoms with van der Waals surface area (Å²) in [6, 6.07) is 1.76. The second-order valence-corrected chi connectivity index (χ2v) is 6.68. The first-order valence-corrected chi connectivity index (χ1v) is 8.43. The minimum Gasteiger partial charge on any atom is -0.374 e. The second kappa shape index (κ2) is 6.87. The number of nitrogen functional groups attached to an aromatic ring is 1. The van der Waals surface area contributed by atoms with Crippen LogP contribution in [0, 0.1) is 0 Å². The van der Waals surface area contributed by atoms with Gasteiger partial charge in [0.15, 0.2) is 0 Å². The highest BCUT2D eigenvalue weighted by Gasteiger charge is 2.15. The maximum Gasteiger partial charge on any atom is 0.270 e. The molecule has 3 aromatic rings. The molecule has 0 bridgehead atoms. The Kier molecular flexibility index (Phi) is 4.65. The number of amides is 1. The minimum absolute atomic E-state index is 0.201. The van der Waals surface area contributed by atoms with Crippen LogP contribution in [0.15, 0.2) is 12.4 Å². The molecule has 0 fully saturated rings. The van der Waals surface area contributed by atoms with Crippen LogP contribution in [0.25, 0.3) is 5.78 Å². The fourth-order valence-electron chi connectivity index (χ4n) is 2.26. The predicted molar refractivity (Wildman–Crippen MR) is 89.8 cm³/mol. The van der Waals surface area contributed by atoms with E-state index in [1.165, 1.54) is 17.7 Å². The molecule has 10 heteroatoms. The molecule has 3 rings (SSSR count). The van der Waals surface area contributed by atoms with Crippen molar-refractivity contribution in [2.24, 2.45) is 0 Å². The molecule has 0 aromatic carbocycles. The van der Waals surface area contributed by atoms with Crippen molar-refractivity contribution >= 4 is 28.2 Å². The summed E-state index contributed by atoms with van der Waals surface area (Å²) >= 11 is 1.36. The number of hydrogen-bond donors (Lipinski definition) is 2. The smallest absolute Gasteiger partial charge is 0.270 e. The number of carbonyl (C=O) groups is 1. The van der Waals surface area contributed by atoms with E-state index in [-0.39, 0.29) is 11.8 Å². The Labute approximate surface area is 142 Å². The highest BCUT2D eigenvalue weighted by atomic mass is 32.1. The van der Waals surface area contributed by atoms with Gasteiger partial charge in [0.05, 0.1) is 5.69 Å². The van der Waals surface area contributed by atoms with Crippen molar-refractivity contribution in [3.63, 3.8) is 0 Å². The summed E-state index contributed by atoms with van der Waals surface area (Å²) in [4.78, 5) is 20.7. The Morgan fingerprint density at radius 1 is 1.42 bits per heavy atom. The van der Waals surface area contributed by atoms with Crippen LogP contribution in [-0.4, -0.2) is 42.2 Å². The van der Waals surface area contributed by atoms with Gasteiger partial charge in [-0.3, -0.25) is 4.79 Å². The van der Waals surface area contributed by atoms with Crippen LogP contribution in [0.3, 0.4) is 0 Å². The van der Waals surface area contributed by atoms with Gasteiger partial charge in [-0.2, -0.15) is 10.1 Å². The zero-order valence-electron chi connectivity index (χ0n) is 13.4. The molecule has 3 N–H and O–H groups in total. The molecule has 0 saturated heterocycles. The minimum atomic E-state index is -0.223. The van der Waals surface area contributed by atoms with E-state index in [2.05, 4.69) is 30.6 Å². The topological polar surface area (TPSA) is 124 Å². The van der Waals surface area contributed by atoms with E-state index >= 15 is 0 Å². The lowest BCUT2D eigenvalue weighted by atomic mass is 10.1. The number of nitrogens with one attached hydrogen (secondary N) is 1. The molecule has 0 atom stereocenters. The van der Waals surface area contributed by atoms with E-state index in [1.54, 1.807) is 10.6 Å². The summed E-state index contributed by atoms with van der Waals surface area (Å²) in [5, 5.41) is 16.0. The molecule has 24 heavy (non-hydrogen) atoms. The van der Waals surface area contributed by atoms with Crippen molar-refractivity contribution in [1.29, 1.82) is 0 Å². The van der Waals surface area contributed by atoms with Gasteiger partial charge in [-0.05, 0) is 18.4 Å². The third-order valence-electron chi connectivity index (χ3n) is 3.44. The van der Waals surface area contributed by atoms with E-state index in [1.807, 2.05) is 13.8 Å². The lowest BCUT2D eigenvalue weighted by molar-refractivity contribution is 0.0948. The average Bonchev–Trinajstić information content (AvgIpc) is 3.18. The van der Waals surface area contributed by atoms with Crippen molar-refractivity contribution in [3.05, 3.63) is 28.8 Å². The maximum absolute atomic E-state index is 12.3. The Balaban J connectivity index is 1.63. The van der Waals surface area contributed by atoms with Crippen molar-refractivity contribution in [3.8, 4) is 0 Å². The fraction of sp³-hybridized carbons (Fsp3) is 0.429. The summed E-state index contributed by atoms with van der Waals surface area (Å²) in [5.74, 6) is 0.404. The standard InChI is InChI=1S/C14H18N8OS/c1-8(2)10-6-9(19-14-17-7-18-22(10)14)12(23)16-5-3-4-11-20-21-13(15)24-11/h6-8H,3-5H2,1-2H3,(H2,15,21)(H,16,23). The van der Waals surface area contributed by atoms with Crippen molar-refractivity contribution in [2.45, 2.75) is 32.6 Å². The van der Waals surface area contributed by atoms with Gasteiger partial charge < -0.3 is 11.1 Å². The third kappa shape index (κ3) is 3.48. The average molecular weight is 346 g/mol. The first-order valence-electron chi connectivity index (χ1n) is 7.61. The molecule has 0 spiro atoms. The van der Waals surface area contributed by atoms with Crippen LogP contribution >= 0.6 is 11.3 Å². The van der Waals surface area contributed by atoms with Gasteiger partial charge in [0.2, 0.25) is 5.13 Å². The van der Waals surface area contributed by atoms with Crippen LogP contribution in [0.1, 0.15) is 47.4 Å².